The molecule has 0 unspecified atom stereocenters. The normalized spacial score (nSPS) is 10.5. The third kappa shape index (κ3) is 1.78. The quantitative estimate of drug-likeness (QED) is 0.797. The van der Waals surface area contributed by atoms with E-state index in [1.165, 1.54) is 0 Å². The maximum Gasteiger partial charge on any atom is 0.123 e. The van der Waals surface area contributed by atoms with Crippen LogP contribution in [0.5, 0.6) is 0 Å². The molecule has 5 heteroatoms. The van der Waals surface area contributed by atoms with Gasteiger partial charge < -0.3 is 5.73 Å². The van der Waals surface area contributed by atoms with Crippen LogP contribution in [0, 0.1) is 0 Å². The van der Waals surface area contributed by atoms with E-state index in [-0.39, 0.29) is 4.99 Å². The van der Waals surface area contributed by atoms with Gasteiger partial charge in [-0.05, 0) is 12.1 Å². The summed E-state index contributed by atoms with van der Waals surface area (Å²) in [6.07, 6.45) is 1.61. The molecule has 0 amide bonds. The molecule has 1 aromatic heterocycles. The van der Waals surface area contributed by atoms with Crippen molar-refractivity contribution >= 4 is 51.2 Å². The molecule has 1 heterocycles. The van der Waals surface area contributed by atoms with Gasteiger partial charge in [-0.15, -0.1) is 0 Å². The number of rotatable bonds is 1. The van der Waals surface area contributed by atoms with Crippen molar-refractivity contribution in [3.63, 3.8) is 0 Å². The Morgan fingerprint density at radius 2 is 1.93 bits per heavy atom. The monoisotopic (exact) mass is 256 g/mol. The SMILES string of the molecule is NC(=S)c1nccc2c(Cl)c(Cl)ccc12. The predicted octanol–water partition coefficient (Wildman–Crippen LogP) is 3.18. The molecule has 0 atom stereocenters. The number of benzene rings is 1. The highest BCUT2D eigenvalue weighted by molar-refractivity contribution is 7.80. The van der Waals surface area contributed by atoms with Gasteiger partial charge in [0, 0.05) is 17.0 Å². The number of thiocarbonyl (C=S) groups is 1. The van der Waals surface area contributed by atoms with Crippen LogP contribution in [0.15, 0.2) is 24.4 Å². The summed E-state index contributed by atoms with van der Waals surface area (Å²) in [5.41, 5.74) is 6.13. The van der Waals surface area contributed by atoms with Gasteiger partial charge in [-0.1, -0.05) is 41.5 Å². The maximum atomic E-state index is 6.06. The van der Waals surface area contributed by atoms with Crippen molar-refractivity contribution in [1.29, 1.82) is 0 Å². The average molecular weight is 257 g/mol. The summed E-state index contributed by atoms with van der Waals surface area (Å²) < 4.78 is 0. The third-order valence-corrected chi connectivity index (χ3v) is 3.08. The van der Waals surface area contributed by atoms with Crippen LogP contribution in [0.3, 0.4) is 0 Å². The fourth-order valence-corrected chi connectivity index (χ4v) is 1.94. The van der Waals surface area contributed by atoms with Crippen molar-refractivity contribution in [3.05, 3.63) is 40.1 Å². The molecule has 1 aromatic carbocycles. The second-order valence-electron chi connectivity index (χ2n) is 2.98. The summed E-state index contributed by atoms with van der Waals surface area (Å²) in [6.45, 7) is 0. The molecule has 0 saturated heterocycles. The van der Waals surface area contributed by atoms with E-state index in [0.717, 1.165) is 10.8 Å². The topological polar surface area (TPSA) is 38.9 Å². The number of halogens is 2. The van der Waals surface area contributed by atoms with Crippen molar-refractivity contribution < 1.29 is 0 Å². The number of nitrogens with zero attached hydrogens (tertiary/aromatic N) is 1. The zero-order valence-corrected chi connectivity index (χ0v) is 9.83. The van der Waals surface area contributed by atoms with Crippen LogP contribution in [0.2, 0.25) is 10.0 Å². The van der Waals surface area contributed by atoms with Crippen molar-refractivity contribution in [3.8, 4) is 0 Å². The number of nitrogens with two attached hydrogens (primary N) is 1. The molecule has 2 aromatic rings. The highest BCUT2D eigenvalue weighted by Crippen LogP contribution is 2.31. The number of hydrogen-bond acceptors (Lipinski definition) is 2. The van der Waals surface area contributed by atoms with Gasteiger partial charge in [0.25, 0.3) is 0 Å². The molecule has 0 aliphatic heterocycles. The number of pyridine rings is 1. The molecule has 0 aliphatic rings. The molecule has 0 spiro atoms. The third-order valence-electron chi connectivity index (χ3n) is 2.07. The van der Waals surface area contributed by atoms with E-state index >= 15 is 0 Å². The molecule has 15 heavy (non-hydrogen) atoms. The Hall–Kier alpha value is -0.900. The highest BCUT2D eigenvalue weighted by atomic mass is 35.5. The van der Waals surface area contributed by atoms with Crippen LogP contribution >= 0.6 is 35.4 Å². The molecule has 0 fully saturated rings. The van der Waals surface area contributed by atoms with Gasteiger partial charge in [0.1, 0.15) is 10.7 Å². The minimum Gasteiger partial charge on any atom is -0.388 e. The van der Waals surface area contributed by atoms with Gasteiger partial charge in [0.05, 0.1) is 10.0 Å². The second kappa shape index (κ2) is 3.93. The van der Waals surface area contributed by atoms with Crippen LogP contribution in [0.1, 0.15) is 5.69 Å². The van der Waals surface area contributed by atoms with Gasteiger partial charge in [-0.2, -0.15) is 0 Å². The van der Waals surface area contributed by atoms with Crippen molar-refractivity contribution in [1.82, 2.24) is 4.98 Å². The average Bonchev–Trinajstić information content (AvgIpc) is 2.23. The molecule has 76 valence electrons. The molecule has 2 rings (SSSR count). The fraction of sp³-hybridized carbons (Fsp3) is 0. The lowest BCUT2D eigenvalue weighted by Crippen LogP contribution is -2.11. The van der Waals surface area contributed by atoms with Gasteiger partial charge in [-0.25, -0.2) is 0 Å². The van der Waals surface area contributed by atoms with E-state index in [1.807, 2.05) is 6.07 Å². The fourth-order valence-electron chi connectivity index (χ4n) is 1.39. The molecular weight excluding hydrogens is 251 g/mol. The van der Waals surface area contributed by atoms with E-state index in [9.17, 15) is 0 Å². The van der Waals surface area contributed by atoms with E-state index in [4.69, 9.17) is 41.2 Å². The number of fused-ring (bicyclic) bond motifs is 1. The van der Waals surface area contributed by atoms with Crippen LogP contribution in [0.25, 0.3) is 10.8 Å². The van der Waals surface area contributed by atoms with E-state index in [1.54, 1.807) is 18.3 Å². The van der Waals surface area contributed by atoms with Crippen LogP contribution in [-0.4, -0.2) is 9.97 Å². The maximum absolute atomic E-state index is 6.06. The van der Waals surface area contributed by atoms with Crippen molar-refractivity contribution in [2.75, 3.05) is 0 Å². The summed E-state index contributed by atoms with van der Waals surface area (Å²) in [7, 11) is 0. The molecule has 0 aliphatic carbocycles. The Labute approximate surface area is 102 Å². The minimum atomic E-state index is 0.249. The summed E-state index contributed by atoms with van der Waals surface area (Å²) in [4.78, 5) is 4.36. The summed E-state index contributed by atoms with van der Waals surface area (Å²) >= 11 is 16.9. The van der Waals surface area contributed by atoms with Crippen molar-refractivity contribution in [2.24, 2.45) is 5.73 Å². The largest absolute Gasteiger partial charge is 0.388 e. The van der Waals surface area contributed by atoms with Crippen molar-refractivity contribution in [2.45, 2.75) is 0 Å². The number of aromatic nitrogens is 1. The number of hydrogen-bond donors (Lipinski definition) is 1. The van der Waals surface area contributed by atoms with Gasteiger partial charge in [0.2, 0.25) is 0 Å². The predicted molar refractivity (Wildman–Crippen MR) is 67.7 cm³/mol. The zero-order chi connectivity index (χ0) is 11.0. The second-order valence-corrected chi connectivity index (χ2v) is 4.21. The molecule has 2 nitrogen and oxygen atoms in total. The smallest absolute Gasteiger partial charge is 0.123 e. The highest BCUT2D eigenvalue weighted by Gasteiger charge is 2.09. The Morgan fingerprint density at radius 1 is 1.20 bits per heavy atom. The first-order valence-corrected chi connectivity index (χ1v) is 5.30. The molecule has 2 N–H and O–H groups in total. The lowest BCUT2D eigenvalue weighted by molar-refractivity contribution is 1.33. The Kier molecular flexibility index (Phi) is 2.78. The molecule has 0 radical (unpaired) electrons. The summed E-state index contributed by atoms with van der Waals surface area (Å²) in [5.74, 6) is 0. The Bertz CT molecular complexity index is 554. The first-order valence-electron chi connectivity index (χ1n) is 4.14. The lowest BCUT2D eigenvalue weighted by Gasteiger charge is -2.06. The summed E-state index contributed by atoms with van der Waals surface area (Å²) in [5, 5.41) is 2.62. The van der Waals surface area contributed by atoms with Crippen LogP contribution < -0.4 is 5.73 Å². The van der Waals surface area contributed by atoms with Gasteiger partial charge >= 0.3 is 0 Å². The Morgan fingerprint density at radius 3 is 2.60 bits per heavy atom. The standard InChI is InChI=1S/C10H6Cl2N2S/c11-7-2-1-6-5(8(7)12)3-4-14-9(6)10(13)15/h1-4H,(H2,13,15). The molecule has 0 saturated carbocycles. The first kappa shape index (κ1) is 10.6. The zero-order valence-electron chi connectivity index (χ0n) is 7.50. The Balaban J connectivity index is 2.89. The van der Waals surface area contributed by atoms with Gasteiger partial charge in [-0.3, -0.25) is 4.98 Å². The van der Waals surface area contributed by atoms with Gasteiger partial charge in [0.15, 0.2) is 0 Å². The molecule has 0 bridgehead atoms. The van der Waals surface area contributed by atoms with E-state index in [0.29, 0.717) is 15.7 Å². The van der Waals surface area contributed by atoms with Crippen LogP contribution in [0.4, 0.5) is 0 Å². The minimum absolute atomic E-state index is 0.249. The summed E-state index contributed by atoms with van der Waals surface area (Å²) in [6, 6.07) is 5.30. The van der Waals surface area contributed by atoms with E-state index < -0.39 is 0 Å². The van der Waals surface area contributed by atoms with E-state index in [2.05, 4.69) is 4.98 Å². The molecular formula is C10H6Cl2N2S. The lowest BCUT2D eigenvalue weighted by atomic mass is 10.1. The van der Waals surface area contributed by atoms with Crippen LogP contribution in [-0.2, 0) is 0 Å². The first-order chi connectivity index (χ1) is 7.11.